The highest BCUT2D eigenvalue weighted by molar-refractivity contribution is 6.30. The van der Waals surface area contributed by atoms with Gasteiger partial charge < -0.3 is 24.6 Å². The van der Waals surface area contributed by atoms with Crippen LogP contribution in [0, 0.1) is 10.1 Å². The van der Waals surface area contributed by atoms with Crippen LogP contribution >= 0.6 is 11.6 Å². The van der Waals surface area contributed by atoms with Crippen LogP contribution in [0.2, 0.25) is 5.02 Å². The number of ether oxygens (including phenoxy) is 2. The van der Waals surface area contributed by atoms with E-state index in [9.17, 15) is 10.1 Å². The number of aromatic nitrogens is 2. The normalized spacial score (nSPS) is 13.5. The van der Waals surface area contributed by atoms with E-state index in [1.54, 1.807) is 25.3 Å². The molecule has 3 aromatic rings. The molecule has 0 radical (unpaired) electrons. The van der Waals surface area contributed by atoms with Crippen LogP contribution < -0.4 is 24.6 Å². The van der Waals surface area contributed by atoms with Gasteiger partial charge >= 0.3 is 5.69 Å². The number of nitrogens with zero attached hydrogens (tertiary/aromatic N) is 5. The van der Waals surface area contributed by atoms with E-state index < -0.39 is 4.92 Å². The van der Waals surface area contributed by atoms with Crippen molar-refractivity contribution >= 4 is 40.3 Å². The lowest BCUT2D eigenvalue weighted by molar-refractivity contribution is -0.383. The molecule has 1 saturated heterocycles. The Morgan fingerprint density at radius 2 is 1.79 bits per heavy atom. The Bertz CT molecular complexity index is 1150. The zero-order chi connectivity index (χ0) is 23.4. The minimum absolute atomic E-state index is 0.0776. The van der Waals surface area contributed by atoms with E-state index >= 15 is 0 Å². The number of methoxy groups -OCH3 is 2. The molecular formula is C22H23ClN6O4. The second kappa shape index (κ2) is 9.78. The van der Waals surface area contributed by atoms with Crippen molar-refractivity contribution < 1.29 is 14.4 Å². The Hall–Kier alpha value is -3.79. The Kier molecular flexibility index (Phi) is 6.64. The molecule has 0 spiro atoms. The van der Waals surface area contributed by atoms with Crippen molar-refractivity contribution in [2.45, 2.75) is 0 Å². The maximum absolute atomic E-state index is 12.1. The van der Waals surface area contributed by atoms with E-state index in [0.717, 1.165) is 5.69 Å². The predicted molar refractivity (Wildman–Crippen MR) is 127 cm³/mol. The largest absolute Gasteiger partial charge is 0.497 e. The Balaban J connectivity index is 1.60. The lowest BCUT2D eigenvalue weighted by atomic mass is 10.2. The third-order valence-electron chi connectivity index (χ3n) is 5.40. The molecule has 0 aliphatic carbocycles. The molecule has 1 fully saturated rings. The molecule has 10 nitrogen and oxygen atoms in total. The van der Waals surface area contributed by atoms with Crippen LogP contribution in [-0.4, -0.2) is 55.3 Å². The number of benzene rings is 2. The van der Waals surface area contributed by atoms with E-state index in [1.807, 2.05) is 29.2 Å². The molecule has 0 unspecified atom stereocenters. The van der Waals surface area contributed by atoms with Crippen molar-refractivity contribution in [1.82, 2.24) is 9.97 Å². The van der Waals surface area contributed by atoms with Gasteiger partial charge in [-0.15, -0.1) is 0 Å². The number of rotatable bonds is 7. The van der Waals surface area contributed by atoms with Crippen molar-refractivity contribution in [1.29, 1.82) is 0 Å². The van der Waals surface area contributed by atoms with Gasteiger partial charge in [-0.25, -0.2) is 9.97 Å². The first-order chi connectivity index (χ1) is 16.0. The van der Waals surface area contributed by atoms with Crippen LogP contribution in [0.15, 0.2) is 48.8 Å². The van der Waals surface area contributed by atoms with Gasteiger partial charge in [0.1, 0.15) is 17.8 Å². The van der Waals surface area contributed by atoms with Gasteiger partial charge in [-0.3, -0.25) is 10.1 Å². The molecule has 0 saturated carbocycles. The molecular weight excluding hydrogens is 448 g/mol. The quantitative estimate of drug-likeness (QED) is 0.403. The number of hydrogen-bond acceptors (Lipinski definition) is 9. The fraction of sp³-hybridized carbons (Fsp3) is 0.273. The number of nitro groups is 1. The summed E-state index contributed by atoms with van der Waals surface area (Å²) in [5, 5.41) is 15.7. The molecule has 4 rings (SSSR count). The van der Waals surface area contributed by atoms with Crippen molar-refractivity contribution in [2.24, 2.45) is 0 Å². The molecule has 2 aromatic carbocycles. The van der Waals surface area contributed by atoms with Gasteiger partial charge in [0.25, 0.3) is 0 Å². The summed E-state index contributed by atoms with van der Waals surface area (Å²) in [6, 6.07) is 12.8. The van der Waals surface area contributed by atoms with Crippen LogP contribution in [0.4, 0.5) is 28.7 Å². The fourth-order valence-corrected chi connectivity index (χ4v) is 3.93. The van der Waals surface area contributed by atoms with Gasteiger partial charge in [0.15, 0.2) is 0 Å². The van der Waals surface area contributed by atoms with Gasteiger partial charge in [0, 0.05) is 43.0 Å². The summed E-state index contributed by atoms with van der Waals surface area (Å²) in [7, 11) is 3.06. The number of piperazine rings is 1. The SMILES string of the molecule is COc1ccc(OC)c(Nc2ncnc(N3CCN(c4cccc(Cl)c4)CC3)c2[N+](=O)[O-])c1. The van der Waals surface area contributed by atoms with Crippen molar-refractivity contribution in [2.75, 3.05) is 55.5 Å². The maximum atomic E-state index is 12.1. The summed E-state index contributed by atoms with van der Waals surface area (Å²) in [5.41, 5.74) is 1.32. The van der Waals surface area contributed by atoms with Crippen LogP contribution in [-0.2, 0) is 0 Å². The second-order valence-electron chi connectivity index (χ2n) is 7.30. The summed E-state index contributed by atoms with van der Waals surface area (Å²) in [6.45, 7) is 2.47. The zero-order valence-electron chi connectivity index (χ0n) is 18.2. The van der Waals surface area contributed by atoms with Crippen molar-refractivity contribution in [3.05, 3.63) is 63.9 Å². The minimum Gasteiger partial charge on any atom is -0.497 e. The number of nitrogens with one attached hydrogen (secondary N) is 1. The van der Waals surface area contributed by atoms with E-state index in [2.05, 4.69) is 20.2 Å². The summed E-state index contributed by atoms with van der Waals surface area (Å²) < 4.78 is 10.6. The lowest BCUT2D eigenvalue weighted by Crippen LogP contribution is -2.47. The van der Waals surface area contributed by atoms with E-state index in [1.165, 1.54) is 13.4 Å². The van der Waals surface area contributed by atoms with Gasteiger partial charge in [-0.05, 0) is 30.3 Å². The van der Waals surface area contributed by atoms with Crippen LogP contribution in [0.25, 0.3) is 0 Å². The van der Waals surface area contributed by atoms with Crippen molar-refractivity contribution in [3.63, 3.8) is 0 Å². The minimum atomic E-state index is -0.465. The highest BCUT2D eigenvalue weighted by Crippen LogP contribution is 2.37. The average molecular weight is 471 g/mol. The highest BCUT2D eigenvalue weighted by atomic mass is 35.5. The molecule has 0 bridgehead atoms. The number of anilines is 4. The smallest absolute Gasteiger partial charge is 0.353 e. The van der Waals surface area contributed by atoms with E-state index in [4.69, 9.17) is 21.1 Å². The van der Waals surface area contributed by atoms with E-state index in [-0.39, 0.29) is 17.3 Å². The summed E-state index contributed by atoms with van der Waals surface area (Å²) in [4.78, 5) is 24.1. The first-order valence-corrected chi connectivity index (χ1v) is 10.6. The predicted octanol–water partition coefficient (Wildman–Crippen LogP) is 4.13. The van der Waals surface area contributed by atoms with Gasteiger partial charge in [0.2, 0.25) is 11.6 Å². The molecule has 33 heavy (non-hydrogen) atoms. The molecule has 0 amide bonds. The summed E-state index contributed by atoms with van der Waals surface area (Å²) in [5.74, 6) is 1.42. The van der Waals surface area contributed by atoms with Crippen LogP contribution in [0.3, 0.4) is 0 Å². The number of halogens is 1. The third-order valence-corrected chi connectivity index (χ3v) is 5.63. The average Bonchev–Trinajstić information content (AvgIpc) is 2.83. The standard InChI is InChI=1S/C22H23ClN6O4/c1-32-17-6-7-19(33-2)18(13-17)26-21-20(29(30)31)22(25-14-24-21)28-10-8-27(9-11-28)16-5-3-4-15(23)12-16/h3-7,12-14H,8-11H2,1-2H3,(H,24,25,26). The molecule has 1 aromatic heterocycles. The Labute approximate surface area is 195 Å². The zero-order valence-corrected chi connectivity index (χ0v) is 19.0. The maximum Gasteiger partial charge on any atom is 0.353 e. The Morgan fingerprint density at radius 1 is 1.03 bits per heavy atom. The summed E-state index contributed by atoms with van der Waals surface area (Å²) in [6.07, 6.45) is 1.32. The molecule has 2 heterocycles. The molecule has 1 aliphatic heterocycles. The second-order valence-corrected chi connectivity index (χ2v) is 7.73. The molecule has 172 valence electrons. The lowest BCUT2D eigenvalue weighted by Gasteiger charge is -2.36. The van der Waals surface area contributed by atoms with Crippen LogP contribution in [0.1, 0.15) is 0 Å². The molecule has 1 aliphatic rings. The van der Waals surface area contributed by atoms with Gasteiger partial charge in [-0.2, -0.15) is 0 Å². The first-order valence-electron chi connectivity index (χ1n) is 10.2. The first kappa shape index (κ1) is 22.4. The monoisotopic (exact) mass is 470 g/mol. The van der Waals surface area contributed by atoms with Crippen LogP contribution in [0.5, 0.6) is 11.5 Å². The molecule has 0 atom stereocenters. The highest BCUT2D eigenvalue weighted by Gasteiger charge is 2.30. The van der Waals surface area contributed by atoms with Gasteiger partial charge in [0.05, 0.1) is 24.8 Å². The fourth-order valence-electron chi connectivity index (χ4n) is 3.75. The molecule has 11 heteroatoms. The third kappa shape index (κ3) is 4.85. The molecule has 1 N–H and O–H groups in total. The Morgan fingerprint density at radius 3 is 2.45 bits per heavy atom. The van der Waals surface area contributed by atoms with E-state index in [0.29, 0.717) is 48.4 Å². The summed E-state index contributed by atoms with van der Waals surface area (Å²) >= 11 is 6.12. The topological polar surface area (TPSA) is 106 Å². The van der Waals surface area contributed by atoms with Crippen molar-refractivity contribution in [3.8, 4) is 11.5 Å². The van der Waals surface area contributed by atoms with Gasteiger partial charge in [-0.1, -0.05) is 17.7 Å². The number of hydrogen-bond donors (Lipinski definition) is 1.